The number of cyclic esters (lactones) is 1. The van der Waals surface area contributed by atoms with Gasteiger partial charge in [-0.05, 0) is 25.8 Å². The Morgan fingerprint density at radius 2 is 2.06 bits per heavy atom. The summed E-state index contributed by atoms with van der Waals surface area (Å²) in [4.78, 5) is 24.7. The van der Waals surface area contributed by atoms with Crippen LogP contribution in [0.1, 0.15) is 46.0 Å². The quantitative estimate of drug-likeness (QED) is 0.690. The first-order valence-corrected chi connectivity index (χ1v) is 6.40. The van der Waals surface area contributed by atoms with Gasteiger partial charge >= 0.3 is 6.09 Å². The summed E-state index contributed by atoms with van der Waals surface area (Å²) in [6.45, 7) is 3.99. The highest BCUT2D eigenvalue weighted by Gasteiger charge is 2.46. The van der Waals surface area contributed by atoms with Crippen molar-refractivity contribution in [2.45, 2.75) is 58.1 Å². The number of nitrogens with zero attached hydrogens (tertiary/aromatic N) is 1. The molecule has 0 unspecified atom stereocenters. The van der Waals surface area contributed by atoms with Gasteiger partial charge in [0.1, 0.15) is 6.10 Å². The first kappa shape index (κ1) is 12.1. The van der Waals surface area contributed by atoms with Crippen molar-refractivity contribution in [3.8, 4) is 0 Å². The summed E-state index contributed by atoms with van der Waals surface area (Å²) < 4.78 is 5.01. The Hall–Kier alpha value is -1.32. The molecule has 2 aliphatic heterocycles. The number of hydrogen-bond donors (Lipinski definition) is 0. The van der Waals surface area contributed by atoms with Crippen molar-refractivity contribution >= 4 is 12.0 Å². The van der Waals surface area contributed by atoms with Crippen molar-refractivity contribution in [2.24, 2.45) is 0 Å². The molecule has 0 bridgehead atoms. The van der Waals surface area contributed by atoms with E-state index in [1.807, 2.05) is 13.0 Å². The van der Waals surface area contributed by atoms with Crippen molar-refractivity contribution in [3.05, 3.63) is 11.6 Å². The summed E-state index contributed by atoms with van der Waals surface area (Å²) in [6, 6.07) is -0.170. The van der Waals surface area contributed by atoms with E-state index in [0.717, 1.165) is 24.8 Å². The third-order valence-corrected chi connectivity index (χ3v) is 3.43. The number of amides is 2. The van der Waals surface area contributed by atoms with Gasteiger partial charge < -0.3 is 4.74 Å². The van der Waals surface area contributed by atoms with E-state index in [9.17, 15) is 9.59 Å². The topological polar surface area (TPSA) is 46.6 Å². The Kier molecular flexibility index (Phi) is 3.50. The summed E-state index contributed by atoms with van der Waals surface area (Å²) >= 11 is 0. The smallest absolute Gasteiger partial charge is 0.417 e. The van der Waals surface area contributed by atoms with E-state index in [0.29, 0.717) is 0 Å². The zero-order valence-electron chi connectivity index (χ0n) is 10.4. The SMILES string of the molecule is CCCCCCC1=C[C@@H]2[C@@H](C)OC(=O)N2C1=O. The highest BCUT2D eigenvalue weighted by Crippen LogP contribution is 2.31. The van der Waals surface area contributed by atoms with Crippen LogP contribution in [0, 0.1) is 0 Å². The number of rotatable bonds is 5. The zero-order valence-corrected chi connectivity index (χ0v) is 10.4. The molecule has 0 saturated carbocycles. The summed E-state index contributed by atoms with van der Waals surface area (Å²) in [5.41, 5.74) is 0.787. The minimum Gasteiger partial charge on any atom is -0.443 e. The predicted octanol–water partition coefficient (Wildman–Crippen LogP) is 2.63. The minimum absolute atomic E-state index is 0.152. The second-order valence-electron chi connectivity index (χ2n) is 4.76. The molecule has 2 atom stereocenters. The molecule has 0 radical (unpaired) electrons. The molecule has 0 aromatic carbocycles. The first-order chi connectivity index (χ1) is 8.15. The van der Waals surface area contributed by atoms with Crippen LogP contribution in [0.5, 0.6) is 0 Å². The number of fused-ring (bicyclic) bond motifs is 1. The molecule has 0 aromatic rings. The summed E-state index contributed by atoms with van der Waals surface area (Å²) in [5, 5.41) is 0. The molecule has 4 heteroatoms. The predicted molar refractivity (Wildman–Crippen MR) is 63.4 cm³/mol. The molecular weight excluding hydrogens is 218 g/mol. The van der Waals surface area contributed by atoms with Crippen LogP contribution in [0.4, 0.5) is 4.79 Å². The fourth-order valence-electron chi connectivity index (χ4n) is 2.41. The van der Waals surface area contributed by atoms with Gasteiger partial charge in [0, 0.05) is 5.57 Å². The number of ether oxygens (including phenoxy) is 1. The molecule has 4 nitrogen and oxygen atoms in total. The maximum absolute atomic E-state index is 12.0. The Morgan fingerprint density at radius 3 is 2.71 bits per heavy atom. The molecule has 1 saturated heterocycles. The van der Waals surface area contributed by atoms with Gasteiger partial charge in [-0.15, -0.1) is 0 Å². The highest BCUT2D eigenvalue weighted by atomic mass is 16.6. The number of carbonyl (C=O) groups is 2. The van der Waals surface area contributed by atoms with Crippen LogP contribution in [0.15, 0.2) is 11.6 Å². The standard InChI is InChI=1S/C13H19NO3/c1-3-4-5-6-7-10-8-11-9(2)17-13(16)14(11)12(10)15/h8-9,11H,3-7H2,1-2H3/t9-,11-/m1/s1. The normalized spacial score (nSPS) is 27.2. The van der Waals surface area contributed by atoms with E-state index < -0.39 is 6.09 Å². The Bertz CT molecular complexity index is 362. The van der Waals surface area contributed by atoms with Gasteiger partial charge in [-0.3, -0.25) is 4.79 Å². The van der Waals surface area contributed by atoms with Crippen LogP contribution in [0.3, 0.4) is 0 Å². The summed E-state index contributed by atoms with van der Waals surface area (Å²) in [7, 11) is 0. The Balaban J connectivity index is 1.94. The molecule has 17 heavy (non-hydrogen) atoms. The lowest BCUT2D eigenvalue weighted by Crippen LogP contribution is -2.34. The maximum atomic E-state index is 12.0. The van der Waals surface area contributed by atoms with Crippen molar-refractivity contribution in [1.29, 1.82) is 0 Å². The van der Waals surface area contributed by atoms with Gasteiger partial charge in [0.2, 0.25) is 0 Å². The lowest BCUT2D eigenvalue weighted by atomic mass is 10.1. The van der Waals surface area contributed by atoms with E-state index in [2.05, 4.69) is 6.92 Å². The monoisotopic (exact) mass is 237 g/mol. The molecular formula is C13H19NO3. The van der Waals surface area contributed by atoms with Gasteiger partial charge in [-0.1, -0.05) is 26.2 Å². The van der Waals surface area contributed by atoms with Gasteiger partial charge in [-0.25, -0.2) is 9.69 Å². The summed E-state index contributed by atoms with van der Waals surface area (Å²) in [6.07, 6.45) is 6.54. The molecule has 94 valence electrons. The van der Waals surface area contributed by atoms with Crippen LogP contribution in [0.25, 0.3) is 0 Å². The average Bonchev–Trinajstić information content (AvgIpc) is 2.75. The molecule has 0 spiro atoms. The van der Waals surface area contributed by atoms with E-state index in [1.54, 1.807) is 0 Å². The third-order valence-electron chi connectivity index (χ3n) is 3.43. The zero-order chi connectivity index (χ0) is 12.4. The third kappa shape index (κ3) is 2.21. The molecule has 2 amide bonds. The molecule has 2 heterocycles. The Labute approximate surface area is 102 Å². The van der Waals surface area contributed by atoms with Crippen LogP contribution in [-0.4, -0.2) is 29.0 Å². The van der Waals surface area contributed by atoms with E-state index >= 15 is 0 Å². The van der Waals surface area contributed by atoms with Gasteiger partial charge in [0.25, 0.3) is 5.91 Å². The second kappa shape index (κ2) is 4.90. The van der Waals surface area contributed by atoms with E-state index in [4.69, 9.17) is 4.74 Å². The molecule has 0 aromatic heterocycles. The van der Waals surface area contributed by atoms with E-state index in [1.165, 1.54) is 17.7 Å². The van der Waals surface area contributed by atoms with Crippen molar-refractivity contribution < 1.29 is 14.3 Å². The van der Waals surface area contributed by atoms with Gasteiger partial charge in [-0.2, -0.15) is 0 Å². The van der Waals surface area contributed by atoms with Crippen LogP contribution >= 0.6 is 0 Å². The highest BCUT2D eigenvalue weighted by molar-refractivity contribution is 6.06. The number of hydrogen-bond acceptors (Lipinski definition) is 3. The molecule has 1 fully saturated rings. The molecule has 0 N–H and O–H groups in total. The average molecular weight is 237 g/mol. The lowest BCUT2D eigenvalue weighted by Gasteiger charge is -2.10. The van der Waals surface area contributed by atoms with Gasteiger partial charge in [0.05, 0.1) is 6.04 Å². The van der Waals surface area contributed by atoms with Crippen molar-refractivity contribution in [3.63, 3.8) is 0 Å². The van der Waals surface area contributed by atoms with E-state index in [-0.39, 0.29) is 18.1 Å². The van der Waals surface area contributed by atoms with Crippen molar-refractivity contribution in [1.82, 2.24) is 4.90 Å². The molecule has 2 aliphatic rings. The molecule has 2 rings (SSSR count). The summed E-state index contributed by atoms with van der Waals surface area (Å²) in [5.74, 6) is -0.152. The minimum atomic E-state index is -0.493. The fourth-order valence-corrected chi connectivity index (χ4v) is 2.41. The lowest BCUT2D eigenvalue weighted by molar-refractivity contribution is -0.123. The number of carbonyl (C=O) groups excluding carboxylic acids is 2. The van der Waals surface area contributed by atoms with Crippen LogP contribution < -0.4 is 0 Å². The van der Waals surface area contributed by atoms with Crippen LogP contribution in [-0.2, 0) is 9.53 Å². The number of imide groups is 1. The largest absolute Gasteiger partial charge is 0.443 e. The second-order valence-corrected chi connectivity index (χ2v) is 4.76. The Morgan fingerprint density at radius 1 is 1.29 bits per heavy atom. The molecule has 0 aliphatic carbocycles. The fraction of sp³-hybridized carbons (Fsp3) is 0.692. The number of unbranched alkanes of at least 4 members (excludes halogenated alkanes) is 3. The maximum Gasteiger partial charge on any atom is 0.417 e. The van der Waals surface area contributed by atoms with Crippen molar-refractivity contribution in [2.75, 3.05) is 0 Å². The first-order valence-electron chi connectivity index (χ1n) is 6.40. The van der Waals surface area contributed by atoms with Crippen LogP contribution in [0.2, 0.25) is 0 Å². The van der Waals surface area contributed by atoms with Gasteiger partial charge in [0.15, 0.2) is 0 Å².